The molecular formula is C29H28N2O3. The molecule has 0 fully saturated rings. The third kappa shape index (κ3) is 4.69. The quantitative estimate of drug-likeness (QED) is 0.333. The van der Waals surface area contributed by atoms with E-state index >= 15 is 0 Å². The summed E-state index contributed by atoms with van der Waals surface area (Å²) in [7, 11) is 0. The molecule has 5 nitrogen and oxygen atoms in total. The monoisotopic (exact) mass is 452 g/mol. The highest BCUT2D eigenvalue weighted by molar-refractivity contribution is 6.15. The van der Waals surface area contributed by atoms with Crippen molar-refractivity contribution in [1.82, 2.24) is 4.98 Å². The van der Waals surface area contributed by atoms with Gasteiger partial charge in [-0.2, -0.15) is 0 Å². The number of rotatable bonds is 6. The fourth-order valence-electron chi connectivity index (χ4n) is 4.15. The molecule has 1 amide bonds. The van der Waals surface area contributed by atoms with Crippen LogP contribution in [0.25, 0.3) is 22.2 Å². The zero-order valence-corrected chi connectivity index (χ0v) is 19.9. The van der Waals surface area contributed by atoms with Crippen LogP contribution in [0.5, 0.6) is 0 Å². The summed E-state index contributed by atoms with van der Waals surface area (Å²) in [5.41, 5.74) is 7.14. The van der Waals surface area contributed by atoms with E-state index in [1.807, 2.05) is 64.1 Å². The lowest BCUT2D eigenvalue weighted by molar-refractivity contribution is 0.0505. The SMILES string of the molecule is CCCOC(=O)c1ccc(NC(=O)c2c(C)c(-c3ccccc3)nc3c(C)cc(C)cc23)cc1. The number of hydrogen-bond acceptors (Lipinski definition) is 4. The van der Waals surface area contributed by atoms with Gasteiger partial charge in [0, 0.05) is 16.6 Å². The van der Waals surface area contributed by atoms with E-state index in [1.165, 1.54) is 0 Å². The standard InChI is InChI=1S/C29H28N2O3/c1-5-15-34-29(33)22-11-13-23(14-12-22)30-28(32)25-20(4)27(21-9-7-6-8-10-21)31-26-19(3)16-18(2)17-24(25)26/h6-14,16-17H,5,15H2,1-4H3,(H,30,32). The summed E-state index contributed by atoms with van der Waals surface area (Å²) in [6.45, 7) is 8.31. The van der Waals surface area contributed by atoms with Crippen molar-refractivity contribution >= 4 is 28.5 Å². The first-order chi connectivity index (χ1) is 16.4. The normalized spacial score (nSPS) is 10.8. The number of nitrogens with one attached hydrogen (secondary N) is 1. The van der Waals surface area contributed by atoms with Gasteiger partial charge >= 0.3 is 5.97 Å². The van der Waals surface area contributed by atoms with Crippen LogP contribution in [0.15, 0.2) is 66.7 Å². The van der Waals surface area contributed by atoms with Crippen LogP contribution >= 0.6 is 0 Å². The van der Waals surface area contributed by atoms with E-state index in [0.717, 1.165) is 45.3 Å². The zero-order valence-electron chi connectivity index (χ0n) is 19.9. The van der Waals surface area contributed by atoms with Gasteiger partial charge in [0.05, 0.1) is 28.9 Å². The van der Waals surface area contributed by atoms with Crippen LogP contribution in [0.4, 0.5) is 5.69 Å². The molecule has 3 aromatic carbocycles. The summed E-state index contributed by atoms with van der Waals surface area (Å²) >= 11 is 0. The molecule has 0 atom stereocenters. The molecule has 34 heavy (non-hydrogen) atoms. The predicted octanol–water partition coefficient (Wildman–Crippen LogP) is 6.65. The van der Waals surface area contributed by atoms with Crippen LogP contribution < -0.4 is 5.32 Å². The smallest absolute Gasteiger partial charge is 0.338 e. The maximum absolute atomic E-state index is 13.6. The van der Waals surface area contributed by atoms with Crippen molar-refractivity contribution in [2.75, 3.05) is 11.9 Å². The molecule has 0 aliphatic rings. The van der Waals surface area contributed by atoms with E-state index in [1.54, 1.807) is 24.3 Å². The lowest BCUT2D eigenvalue weighted by Gasteiger charge is -2.17. The van der Waals surface area contributed by atoms with Crippen LogP contribution in [0.2, 0.25) is 0 Å². The van der Waals surface area contributed by atoms with Gasteiger partial charge in [0.2, 0.25) is 0 Å². The molecule has 5 heteroatoms. The Labute approximate surface area is 199 Å². The van der Waals surface area contributed by atoms with Gasteiger partial charge in [0.1, 0.15) is 0 Å². The van der Waals surface area contributed by atoms with Gasteiger partial charge in [-0.3, -0.25) is 4.79 Å². The van der Waals surface area contributed by atoms with E-state index in [9.17, 15) is 9.59 Å². The maximum atomic E-state index is 13.6. The molecule has 0 saturated carbocycles. The van der Waals surface area contributed by atoms with Crippen molar-refractivity contribution in [3.63, 3.8) is 0 Å². The van der Waals surface area contributed by atoms with Crippen LogP contribution in [0.3, 0.4) is 0 Å². The predicted molar refractivity (Wildman–Crippen MR) is 136 cm³/mol. The third-order valence-corrected chi connectivity index (χ3v) is 5.76. The minimum Gasteiger partial charge on any atom is -0.462 e. The van der Waals surface area contributed by atoms with E-state index < -0.39 is 0 Å². The van der Waals surface area contributed by atoms with E-state index in [4.69, 9.17) is 9.72 Å². The molecule has 0 saturated heterocycles. The third-order valence-electron chi connectivity index (χ3n) is 5.76. The summed E-state index contributed by atoms with van der Waals surface area (Å²) in [5.74, 6) is -0.581. The molecule has 0 aliphatic carbocycles. The van der Waals surface area contributed by atoms with Crippen molar-refractivity contribution in [3.8, 4) is 11.3 Å². The van der Waals surface area contributed by atoms with Crippen LogP contribution in [-0.2, 0) is 4.74 Å². The summed E-state index contributed by atoms with van der Waals surface area (Å²) in [6, 6.07) is 20.8. The van der Waals surface area contributed by atoms with Crippen molar-refractivity contribution in [1.29, 1.82) is 0 Å². The maximum Gasteiger partial charge on any atom is 0.338 e. The first kappa shape index (κ1) is 23.2. The fourth-order valence-corrected chi connectivity index (χ4v) is 4.15. The molecular weight excluding hydrogens is 424 g/mol. The minimum atomic E-state index is -0.367. The molecule has 1 aromatic heterocycles. The molecule has 1 heterocycles. The first-order valence-corrected chi connectivity index (χ1v) is 11.4. The fraction of sp³-hybridized carbons (Fsp3) is 0.207. The molecule has 172 valence electrons. The van der Waals surface area contributed by atoms with Gasteiger partial charge in [-0.1, -0.05) is 48.9 Å². The molecule has 4 rings (SSSR count). The summed E-state index contributed by atoms with van der Waals surface area (Å²) in [4.78, 5) is 30.6. The molecule has 4 aromatic rings. The number of aromatic nitrogens is 1. The molecule has 1 N–H and O–H groups in total. The second-order valence-electron chi connectivity index (χ2n) is 8.47. The number of esters is 1. The molecule has 0 radical (unpaired) electrons. The number of carbonyl (C=O) groups excluding carboxylic acids is 2. The number of fused-ring (bicyclic) bond motifs is 1. The Bertz CT molecular complexity index is 1360. The number of benzene rings is 3. The number of ether oxygens (including phenoxy) is 1. The van der Waals surface area contributed by atoms with E-state index in [0.29, 0.717) is 23.4 Å². The van der Waals surface area contributed by atoms with Gasteiger partial charge in [0.15, 0.2) is 0 Å². The molecule has 0 bridgehead atoms. The van der Waals surface area contributed by atoms with Gasteiger partial charge in [-0.15, -0.1) is 0 Å². The second kappa shape index (κ2) is 9.87. The van der Waals surface area contributed by atoms with Gasteiger partial charge < -0.3 is 10.1 Å². The Hall–Kier alpha value is -3.99. The average Bonchev–Trinajstić information content (AvgIpc) is 2.83. The van der Waals surface area contributed by atoms with Gasteiger partial charge in [-0.05, 0) is 68.7 Å². The van der Waals surface area contributed by atoms with Crippen molar-refractivity contribution in [3.05, 3.63) is 94.5 Å². The highest BCUT2D eigenvalue weighted by Gasteiger charge is 2.20. The number of nitrogens with zero attached hydrogens (tertiary/aromatic N) is 1. The number of anilines is 1. The van der Waals surface area contributed by atoms with Crippen molar-refractivity contribution < 1.29 is 14.3 Å². The number of aryl methyl sites for hydroxylation is 2. The number of carbonyl (C=O) groups is 2. The Morgan fingerprint density at radius 2 is 1.65 bits per heavy atom. The summed E-state index contributed by atoms with van der Waals surface area (Å²) < 4.78 is 5.18. The van der Waals surface area contributed by atoms with Crippen LogP contribution in [-0.4, -0.2) is 23.5 Å². The van der Waals surface area contributed by atoms with Crippen molar-refractivity contribution in [2.24, 2.45) is 0 Å². The molecule has 0 unspecified atom stereocenters. The lowest BCUT2D eigenvalue weighted by atomic mass is 9.94. The Morgan fingerprint density at radius 1 is 0.941 bits per heavy atom. The van der Waals surface area contributed by atoms with Gasteiger partial charge in [-0.25, -0.2) is 9.78 Å². The Morgan fingerprint density at radius 3 is 2.32 bits per heavy atom. The number of hydrogen-bond donors (Lipinski definition) is 1. The second-order valence-corrected chi connectivity index (χ2v) is 8.47. The summed E-state index contributed by atoms with van der Waals surface area (Å²) in [5, 5.41) is 3.83. The Kier molecular flexibility index (Phi) is 6.73. The first-order valence-electron chi connectivity index (χ1n) is 11.4. The Balaban J connectivity index is 1.75. The highest BCUT2D eigenvalue weighted by Crippen LogP contribution is 2.32. The van der Waals surface area contributed by atoms with Crippen LogP contribution in [0, 0.1) is 20.8 Å². The van der Waals surface area contributed by atoms with E-state index in [-0.39, 0.29) is 11.9 Å². The van der Waals surface area contributed by atoms with Crippen molar-refractivity contribution in [2.45, 2.75) is 34.1 Å². The molecule has 0 aliphatic heterocycles. The lowest BCUT2D eigenvalue weighted by Crippen LogP contribution is -2.16. The minimum absolute atomic E-state index is 0.214. The van der Waals surface area contributed by atoms with Crippen LogP contribution in [0.1, 0.15) is 50.8 Å². The zero-order chi connectivity index (χ0) is 24.2. The van der Waals surface area contributed by atoms with Gasteiger partial charge in [0.25, 0.3) is 5.91 Å². The number of pyridine rings is 1. The molecule has 0 spiro atoms. The largest absolute Gasteiger partial charge is 0.462 e. The topological polar surface area (TPSA) is 68.3 Å². The number of amides is 1. The summed E-state index contributed by atoms with van der Waals surface area (Å²) in [6.07, 6.45) is 0.767. The van der Waals surface area contributed by atoms with E-state index in [2.05, 4.69) is 11.4 Å². The average molecular weight is 453 g/mol. The highest BCUT2D eigenvalue weighted by atomic mass is 16.5.